The van der Waals surface area contributed by atoms with E-state index in [0.29, 0.717) is 5.75 Å². The molecule has 0 fully saturated rings. The molecule has 1 heterocycles. The Bertz CT molecular complexity index is 291. The quantitative estimate of drug-likeness (QED) is 0.746. The van der Waals surface area contributed by atoms with Crippen molar-refractivity contribution in [2.24, 2.45) is 0 Å². The molecule has 0 aliphatic carbocycles. The molecule has 6 heteroatoms. The minimum Gasteiger partial charge on any atom is -0.407 e. The lowest BCUT2D eigenvalue weighted by atomic mass is 10.5. The van der Waals surface area contributed by atoms with Gasteiger partial charge in [0.05, 0.1) is 6.20 Å². The first-order valence-electron chi connectivity index (χ1n) is 3.78. The third kappa shape index (κ3) is 3.12. The summed E-state index contributed by atoms with van der Waals surface area (Å²) in [5.41, 5.74) is 0. The summed E-state index contributed by atoms with van der Waals surface area (Å²) in [6.45, 7) is 0. The zero-order valence-corrected chi connectivity index (χ0v) is 9.47. The van der Waals surface area contributed by atoms with Gasteiger partial charge in [0, 0.05) is 18.7 Å². The number of amides is 1. The third-order valence-electron chi connectivity index (χ3n) is 1.32. The molecular formula is C8H10N2O2S2. The molecule has 0 N–H and O–H groups in total. The number of pyridine rings is 1. The van der Waals surface area contributed by atoms with E-state index in [0.717, 1.165) is 0 Å². The highest BCUT2D eigenvalue weighted by molar-refractivity contribution is 8.12. The Balaban J connectivity index is 2.57. The van der Waals surface area contributed by atoms with Crippen LogP contribution in [0.15, 0.2) is 24.5 Å². The number of ether oxygens (including phenoxy) is 1. The van der Waals surface area contributed by atoms with Crippen molar-refractivity contribution < 1.29 is 9.53 Å². The Morgan fingerprint density at radius 2 is 2.21 bits per heavy atom. The van der Waals surface area contributed by atoms with E-state index in [1.807, 2.05) is 0 Å². The fourth-order valence-corrected chi connectivity index (χ4v) is 1.74. The molecule has 0 spiro atoms. The van der Waals surface area contributed by atoms with E-state index in [9.17, 15) is 4.79 Å². The highest BCUT2D eigenvalue weighted by Crippen LogP contribution is 2.19. The van der Waals surface area contributed by atoms with Crippen LogP contribution in [-0.2, 0) is 0 Å². The second kappa shape index (κ2) is 5.77. The first-order chi connectivity index (χ1) is 6.77. The van der Waals surface area contributed by atoms with Gasteiger partial charge in [-0.15, -0.1) is 0 Å². The lowest BCUT2D eigenvalue weighted by Crippen LogP contribution is -2.20. The molecule has 1 aromatic rings. The van der Waals surface area contributed by atoms with Gasteiger partial charge >= 0.3 is 6.09 Å². The highest BCUT2D eigenvalue weighted by Gasteiger charge is 2.13. The van der Waals surface area contributed by atoms with Gasteiger partial charge in [-0.1, -0.05) is 0 Å². The first-order valence-corrected chi connectivity index (χ1v) is 6.14. The van der Waals surface area contributed by atoms with Gasteiger partial charge in [0.15, 0.2) is 5.75 Å². The van der Waals surface area contributed by atoms with Crippen LogP contribution in [0.2, 0.25) is 0 Å². The number of aromatic nitrogens is 1. The van der Waals surface area contributed by atoms with Crippen molar-refractivity contribution in [2.75, 3.05) is 12.5 Å². The van der Waals surface area contributed by atoms with Crippen LogP contribution in [0.5, 0.6) is 5.75 Å². The van der Waals surface area contributed by atoms with Crippen molar-refractivity contribution in [3.63, 3.8) is 0 Å². The molecule has 0 aromatic carbocycles. The Hall–Kier alpha value is -0.880. The van der Waals surface area contributed by atoms with Crippen molar-refractivity contribution in [2.45, 2.75) is 0 Å². The normalized spacial score (nSPS) is 9.57. The molecule has 0 aliphatic rings. The molecule has 0 aliphatic heterocycles. The first kappa shape index (κ1) is 11.2. The summed E-state index contributed by atoms with van der Waals surface area (Å²) in [5.74, 6) is 0.450. The molecule has 1 amide bonds. The second-order valence-electron chi connectivity index (χ2n) is 2.18. The fraction of sp³-hybridized carbons (Fsp3) is 0.250. The van der Waals surface area contributed by atoms with Crippen LogP contribution in [0.3, 0.4) is 0 Å². The summed E-state index contributed by atoms with van der Waals surface area (Å²) in [6.07, 6.45) is 6.33. The van der Waals surface area contributed by atoms with E-state index >= 15 is 0 Å². The minimum atomic E-state index is -0.405. The van der Waals surface area contributed by atoms with E-state index in [2.05, 4.69) is 4.98 Å². The van der Waals surface area contributed by atoms with Crippen LogP contribution in [0.25, 0.3) is 0 Å². The topological polar surface area (TPSA) is 42.4 Å². The molecule has 0 atom stereocenters. The van der Waals surface area contributed by atoms with Gasteiger partial charge in [-0.3, -0.25) is 4.98 Å². The van der Waals surface area contributed by atoms with Crippen LogP contribution in [0, 0.1) is 0 Å². The van der Waals surface area contributed by atoms with Crippen LogP contribution >= 0.6 is 23.9 Å². The summed E-state index contributed by atoms with van der Waals surface area (Å²) in [7, 11) is 0. The molecule has 0 radical (unpaired) electrons. The third-order valence-corrected chi connectivity index (χ3v) is 3.18. The highest BCUT2D eigenvalue weighted by atomic mass is 32.2. The predicted molar refractivity (Wildman–Crippen MR) is 59.1 cm³/mol. The Kier molecular flexibility index (Phi) is 4.61. The average molecular weight is 230 g/mol. The maximum absolute atomic E-state index is 11.4. The van der Waals surface area contributed by atoms with Crippen LogP contribution in [0.1, 0.15) is 0 Å². The number of carbonyl (C=O) groups is 1. The van der Waals surface area contributed by atoms with E-state index < -0.39 is 6.09 Å². The number of hydrogen-bond donors (Lipinski definition) is 0. The van der Waals surface area contributed by atoms with Crippen LogP contribution in [0.4, 0.5) is 4.79 Å². The molecule has 0 bridgehead atoms. The number of carbonyl (C=O) groups excluding carboxylic acids is 1. The fourth-order valence-electron chi connectivity index (χ4n) is 0.769. The van der Waals surface area contributed by atoms with Gasteiger partial charge < -0.3 is 4.74 Å². The Morgan fingerprint density at radius 3 is 2.71 bits per heavy atom. The van der Waals surface area contributed by atoms with E-state index in [1.165, 1.54) is 33.8 Å². The summed E-state index contributed by atoms with van der Waals surface area (Å²) in [4.78, 5) is 15.2. The average Bonchev–Trinajstić information content (AvgIpc) is 2.21. The molecule has 14 heavy (non-hydrogen) atoms. The molecule has 4 nitrogen and oxygen atoms in total. The molecule has 0 unspecified atom stereocenters. The summed E-state index contributed by atoms with van der Waals surface area (Å²) < 4.78 is 6.48. The SMILES string of the molecule is CSN(SC)C(=O)Oc1cccnc1. The largest absolute Gasteiger partial charge is 0.435 e. The van der Waals surface area contributed by atoms with Gasteiger partial charge in [0.1, 0.15) is 0 Å². The van der Waals surface area contributed by atoms with Crippen molar-refractivity contribution in [1.29, 1.82) is 0 Å². The van der Waals surface area contributed by atoms with Crippen molar-refractivity contribution in [1.82, 2.24) is 8.69 Å². The maximum atomic E-state index is 11.4. The molecule has 0 saturated heterocycles. The van der Waals surface area contributed by atoms with E-state index in [-0.39, 0.29) is 0 Å². The minimum absolute atomic E-state index is 0.405. The lowest BCUT2D eigenvalue weighted by molar-refractivity contribution is 0.197. The number of hydrogen-bond acceptors (Lipinski definition) is 5. The molecule has 76 valence electrons. The van der Waals surface area contributed by atoms with Gasteiger partial charge in [0.25, 0.3) is 0 Å². The van der Waals surface area contributed by atoms with Crippen LogP contribution < -0.4 is 4.74 Å². The standard InChI is InChI=1S/C8H10N2O2S2/c1-13-10(14-2)8(11)12-7-4-3-5-9-6-7/h3-6H,1-2H3. The predicted octanol–water partition coefficient (Wildman–Crippen LogP) is 2.44. The van der Waals surface area contributed by atoms with E-state index in [4.69, 9.17) is 4.74 Å². The molecule has 1 rings (SSSR count). The number of rotatable bonds is 3. The molecule has 0 saturated carbocycles. The van der Waals surface area contributed by atoms with Crippen LogP contribution in [-0.4, -0.2) is 27.3 Å². The van der Waals surface area contributed by atoms with Gasteiger partial charge in [-0.25, -0.2) is 4.79 Å². The van der Waals surface area contributed by atoms with Gasteiger partial charge in [-0.2, -0.15) is 3.71 Å². The maximum Gasteiger partial charge on any atom is 0.435 e. The summed E-state index contributed by atoms with van der Waals surface area (Å²) in [5, 5.41) is 0. The van der Waals surface area contributed by atoms with Gasteiger partial charge in [0.2, 0.25) is 0 Å². The zero-order chi connectivity index (χ0) is 10.4. The van der Waals surface area contributed by atoms with Crippen molar-refractivity contribution in [3.05, 3.63) is 24.5 Å². The van der Waals surface area contributed by atoms with E-state index in [1.54, 1.807) is 30.8 Å². The number of nitrogens with zero attached hydrogens (tertiary/aromatic N) is 2. The second-order valence-corrected chi connectivity index (χ2v) is 3.87. The van der Waals surface area contributed by atoms with Crippen molar-refractivity contribution >= 4 is 30.0 Å². The summed E-state index contributed by atoms with van der Waals surface area (Å²) in [6, 6.07) is 3.40. The Labute approximate surface area is 91.3 Å². The summed E-state index contributed by atoms with van der Waals surface area (Å²) >= 11 is 2.60. The zero-order valence-electron chi connectivity index (χ0n) is 7.84. The van der Waals surface area contributed by atoms with Gasteiger partial charge in [-0.05, 0) is 36.0 Å². The van der Waals surface area contributed by atoms with Crippen molar-refractivity contribution in [3.8, 4) is 5.75 Å². The Morgan fingerprint density at radius 1 is 1.50 bits per heavy atom. The monoisotopic (exact) mass is 230 g/mol. The molecule has 1 aromatic heterocycles. The molecular weight excluding hydrogens is 220 g/mol. The lowest BCUT2D eigenvalue weighted by Gasteiger charge is -2.14. The smallest absolute Gasteiger partial charge is 0.407 e.